The van der Waals surface area contributed by atoms with Crippen LogP contribution in [0.5, 0.6) is 0 Å². The smallest absolute Gasteiger partial charge is 0.231 e. The molecule has 0 amide bonds. The third kappa shape index (κ3) is 3.22. The predicted molar refractivity (Wildman–Crippen MR) is 78.3 cm³/mol. The topological polar surface area (TPSA) is 51.0 Å². The lowest BCUT2D eigenvalue weighted by Gasteiger charge is -2.24. The minimum Gasteiger partial charge on any atom is -0.339 e. The highest BCUT2D eigenvalue weighted by atomic mass is 32.1. The molecule has 1 N–H and O–H groups in total. The van der Waals surface area contributed by atoms with Gasteiger partial charge in [0.15, 0.2) is 0 Å². The van der Waals surface area contributed by atoms with Crippen molar-refractivity contribution in [1.29, 1.82) is 0 Å². The van der Waals surface area contributed by atoms with Gasteiger partial charge in [0.1, 0.15) is 0 Å². The van der Waals surface area contributed by atoms with Crippen molar-refractivity contribution in [3.8, 4) is 10.7 Å². The summed E-state index contributed by atoms with van der Waals surface area (Å²) >= 11 is 1.63. The molecule has 0 aliphatic heterocycles. The van der Waals surface area contributed by atoms with Gasteiger partial charge in [0, 0.05) is 6.04 Å². The highest BCUT2D eigenvalue weighted by Crippen LogP contribution is 2.29. The van der Waals surface area contributed by atoms with Crippen LogP contribution in [0.15, 0.2) is 22.0 Å². The zero-order chi connectivity index (χ0) is 13.8. The molecule has 2 aromatic heterocycles. The summed E-state index contributed by atoms with van der Waals surface area (Å²) in [5, 5.41) is 9.57. The van der Waals surface area contributed by atoms with Crippen molar-refractivity contribution in [2.75, 3.05) is 6.54 Å². The van der Waals surface area contributed by atoms with Crippen molar-refractivity contribution >= 4 is 11.3 Å². The van der Waals surface area contributed by atoms with Crippen molar-refractivity contribution in [2.24, 2.45) is 5.92 Å². The number of thiophene rings is 1. The maximum atomic E-state index is 5.48. The molecule has 19 heavy (non-hydrogen) atoms. The summed E-state index contributed by atoms with van der Waals surface area (Å²) in [6, 6.07) is 4.33. The number of rotatable bonds is 6. The van der Waals surface area contributed by atoms with Crippen molar-refractivity contribution in [3.05, 3.63) is 23.4 Å². The molecular weight excluding hydrogens is 258 g/mol. The van der Waals surface area contributed by atoms with Crippen molar-refractivity contribution in [1.82, 2.24) is 15.5 Å². The Morgan fingerprint density at radius 1 is 1.37 bits per heavy atom. The van der Waals surface area contributed by atoms with Crippen LogP contribution >= 0.6 is 11.3 Å². The number of nitrogens with zero attached hydrogens (tertiary/aromatic N) is 2. The van der Waals surface area contributed by atoms with E-state index < -0.39 is 0 Å². The maximum Gasteiger partial charge on any atom is 0.231 e. The van der Waals surface area contributed by atoms with E-state index in [0.717, 1.165) is 17.3 Å². The van der Waals surface area contributed by atoms with Gasteiger partial charge < -0.3 is 9.84 Å². The molecule has 0 saturated carbocycles. The van der Waals surface area contributed by atoms with E-state index in [2.05, 4.69) is 43.2 Å². The Morgan fingerprint density at radius 3 is 2.74 bits per heavy atom. The Labute approximate surface area is 118 Å². The second-order valence-electron chi connectivity index (χ2n) is 5.05. The molecule has 104 valence electrons. The van der Waals surface area contributed by atoms with Crippen molar-refractivity contribution in [2.45, 2.75) is 39.7 Å². The van der Waals surface area contributed by atoms with E-state index in [1.807, 2.05) is 17.5 Å². The molecule has 2 atom stereocenters. The van der Waals surface area contributed by atoms with Gasteiger partial charge in [-0.3, -0.25) is 0 Å². The maximum absolute atomic E-state index is 5.48. The number of hydrogen-bond acceptors (Lipinski definition) is 5. The molecule has 0 radical (unpaired) electrons. The van der Waals surface area contributed by atoms with Gasteiger partial charge in [-0.2, -0.15) is 4.98 Å². The summed E-state index contributed by atoms with van der Waals surface area (Å²) in [6.07, 6.45) is 0. The van der Waals surface area contributed by atoms with Crippen LogP contribution in [0.3, 0.4) is 0 Å². The van der Waals surface area contributed by atoms with E-state index >= 15 is 0 Å². The largest absolute Gasteiger partial charge is 0.339 e. The zero-order valence-electron chi connectivity index (χ0n) is 11.9. The SMILES string of the molecule is CCNC(C)C(c1nc(-c2cccs2)no1)C(C)C. The lowest BCUT2D eigenvalue weighted by Crippen LogP contribution is -2.34. The highest BCUT2D eigenvalue weighted by Gasteiger charge is 2.28. The summed E-state index contributed by atoms with van der Waals surface area (Å²) in [6.45, 7) is 9.60. The normalized spacial score (nSPS) is 14.8. The van der Waals surface area contributed by atoms with E-state index in [1.54, 1.807) is 11.3 Å². The van der Waals surface area contributed by atoms with E-state index in [1.165, 1.54) is 0 Å². The summed E-state index contributed by atoms with van der Waals surface area (Å²) in [7, 11) is 0. The number of hydrogen-bond donors (Lipinski definition) is 1. The third-order valence-corrected chi connectivity index (χ3v) is 4.12. The van der Waals surface area contributed by atoms with Gasteiger partial charge >= 0.3 is 0 Å². The van der Waals surface area contributed by atoms with Crippen LogP contribution in [0.2, 0.25) is 0 Å². The quantitative estimate of drug-likeness (QED) is 0.878. The highest BCUT2D eigenvalue weighted by molar-refractivity contribution is 7.13. The standard InChI is InChI=1S/C14H21N3OS/c1-5-15-10(4)12(9(2)3)14-16-13(17-18-14)11-7-6-8-19-11/h6-10,12,15H,5H2,1-4H3. The lowest BCUT2D eigenvalue weighted by atomic mass is 9.89. The first-order valence-corrected chi connectivity index (χ1v) is 7.62. The molecule has 0 aromatic carbocycles. The average Bonchev–Trinajstić information content (AvgIpc) is 2.98. The number of aromatic nitrogens is 2. The Bertz CT molecular complexity index is 493. The van der Waals surface area contributed by atoms with Gasteiger partial charge in [-0.05, 0) is 30.8 Å². The molecule has 4 nitrogen and oxygen atoms in total. The molecule has 2 unspecified atom stereocenters. The second kappa shape index (κ2) is 6.30. The van der Waals surface area contributed by atoms with Gasteiger partial charge in [-0.25, -0.2) is 0 Å². The minimum atomic E-state index is 0.237. The summed E-state index contributed by atoms with van der Waals surface area (Å²) in [5.41, 5.74) is 0. The van der Waals surface area contributed by atoms with Crippen LogP contribution in [0.25, 0.3) is 10.7 Å². The number of likely N-dealkylation sites (N-methyl/N-ethyl adjacent to an activating group) is 1. The summed E-state index contributed by atoms with van der Waals surface area (Å²) in [4.78, 5) is 5.62. The van der Waals surface area contributed by atoms with Gasteiger partial charge in [-0.15, -0.1) is 11.3 Å². The first kappa shape index (κ1) is 14.2. The molecule has 0 fully saturated rings. The fourth-order valence-corrected chi connectivity index (χ4v) is 3.05. The first-order valence-electron chi connectivity index (χ1n) is 6.74. The lowest BCUT2D eigenvalue weighted by molar-refractivity contribution is 0.281. The molecule has 0 aliphatic rings. The predicted octanol–water partition coefficient (Wildman–Crippen LogP) is 3.54. The summed E-state index contributed by atoms with van der Waals surface area (Å²) in [5.74, 6) is 2.11. The minimum absolute atomic E-state index is 0.237. The van der Waals surface area contributed by atoms with Gasteiger partial charge in [0.25, 0.3) is 0 Å². The fourth-order valence-electron chi connectivity index (χ4n) is 2.40. The van der Waals surface area contributed by atoms with Crippen LogP contribution < -0.4 is 5.32 Å². The molecule has 5 heteroatoms. The Morgan fingerprint density at radius 2 is 2.16 bits per heavy atom. The van der Waals surface area contributed by atoms with E-state index in [4.69, 9.17) is 4.52 Å². The van der Waals surface area contributed by atoms with Gasteiger partial charge in [0.2, 0.25) is 11.7 Å². The Hall–Kier alpha value is -1.20. The molecule has 0 saturated heterocycles. The van der Waals surface area contributed by atoms with E-state index in [-0.39, 0.29) is 5.92 Å². The molecule has 0 spiro atoms. The third-order valence-electron chi connectivity index (χ3n) is 3.25. The van der Waals surface area contributed by atoms with Gasteiger partial charge in [0.05, 0.1) is 10.8 Å². The van der Waals surface area contributed by atoms with Crippen LogP contribution in [0.4, 0.5) is 0 Å². The molecule has 0 bridgehead atoms. The van der Waals surface area contributed by atoms with E-state index in [0.29, 0.717) is 17.8 Å². The average molecular weight is 279 g/mol. The van der Waals surface area contributed by atoms with Crippen LogP contribution in [0, 0.1) is 5.92 Å². The fraction of sp³-hybridized carbons (Fsp3) is 0.571. The van der Waals surface area contributed by atoms with Crippen LogP contribution in [0.1, 0.15) is 39.5 Å². The molecular formula is C14H21N3OS. The zero-order valence-corrected chi connectivity index (χ0v) is 12.7. The van der Waals surface area contributed by atoms with Crippen molar-refractivity contribution in [3.63, 3.8) is 0 Å². The molecule has 2 rings (SSSR count). The first-order chi connectivity index (χ1) is 9.13. The van der Waals surface area contributed by atoms with Gasteiger partial charge in [-0.1, -0.05) is 32.0 Å². The van der Waals surface area contributed by atoms with E-state index in [9.17, 15) is 0 Å². The molecule has 0 aliphatic carbocycles. The Kier molecular flexibility index (Phi) is 4.71. The van der Waals surface area contributed by atoms with Crippen molar-refractivity contribution < 1.29 is 4.52 Å². The monoisotopic (exact) mass is 279 g/mol. The molecule has 2 heterocycles. The Balaban J connectivity index is 2.23. The van der Waals surface area contributed by atoms with Crippen LogP contribution in [-0.4, -0.2) is 22.7 Å². The molecule has 2 aromatic rings. The van der Waals surface area contributed by atoms with Crippen LogP contribution in [-0.2, 0) is 0 Å². The summed E-state index contributed by atoms with van der Waals surface area (Å²) < 4.78 is 5.48. The second-order valence-corrected chi connectivity index (χ2v) is 6.00. The number of nitrogens with one attached hydrogen (secondary N) is 1.